The molecule has 0 spiro atoms. The van der Waals surface area contributed by atoms with Crippen LogP contribution in [-0.4, -0.2) is 25.4 Å². The van der Waals surface area contributed by atoms with Crippen LogP contribution in [0.25, 0.3) is 0 Å². The standard InChI is InChI=1S/C13H18O2/c1-13-6-2-4-10-8-14-9-11(10)12(13)5-3-7-15-13/h2,4,10H,3,5-9H2,1H3/t10-,13-/m0/s1. The molecule has 2 saturated heterocycles. The first kappa shape index (κ1) is 9.61. The quantitative estimate of drug-likeness (QED) is 0.567. The van der Waals surface area contributed by atoms with Crippen LogP contribution < -0.4 is 0 Å². The van der Waals surface area contributed by atoms with Gasteiger partial charge in [0.05, 0.1) is 18.8 Å². The van der Waals surface area contributed by atoms with Gasteiger partial charge in [-0.1, -0.05) is 12.2 Å². The molecule has 15 heavy (non-hydrogen) atoms. The van der Waals surface area contributed by atoms with Crippen LogP contribution >= 0.6 is 0 Å². The Morgan fingerprint density at radius 2 is 2.40 bits per heavy atom. The minimum atomic E-state index is -0.0352. The van der Waals surface area contributed by atoms with Crippen LogP contribution in [0.15, 0.2) is 23.3 Å². The zero-order valence-corrected chi connectivity index (χ0v) is 9.29. The Hall–Kier alpha value is -0.600. The van der Waals surface area contributed by atoms with Crippen molar-refractivity contribution in [2.45, 2.75) is 31.8 Å². The van der Waals surface area contributed by atoms with Gasteiger partial charge in [-0.2, -0.15) is 0 Å². The third kappa shape index (κ3) is 1.47. The summed E-state index contributed by atoms with van der Waals surface area (Å²) in [7, 11) is 0. The molecular formula is C13H18O2. The van der Waals surface area contributed by atoms with Gasteiger partial charge in [0.15, 0.2) is 0 Å². The Morgan fingerprint density at radius 3 is 3.33 bits per heavy atom. The molecule has 2 atom stereocenters. The van der Waals surface area contributed by atoms with Crippen molar-refractivity contribution in [3.63, 3.8) is 0 Å². The summed E-state index contributed by atoms with van der Waals surface area (Å²) in [5.41, 5.74) is 3.00. The third-order valence-electron chi connectivity index (χ3n) is 3.90. The van der Waals surface area contributed by atoms with Gasteiger partial charge in [0.25, 0.3) is 0 Å². The van der Waals surface area contributed by atoms with E-state index in [4.69, 9.17) is 9.47 Å². The Morgan fingerprint density at radius 1 is 1.47 bits per heavy atom. The molecule has 3 aliphatic rings. The number of hydrogen-bond donors (Lipinski definition) is 0. The molecule has 2 nitrogen and oxygen atoms in total. The second-order valence-electron chi connectivity index (χ2n) is 4.94. The normalized spacial score (nSPS) is 39.9. The molecule has 2 heteroatoms. The molecule has 3 rings (SSSR count). The van der Waals surface area contributed by atoms with Crippen molar-refractivity contribution >= 4 is 0 Å². The van der Waals surface area contributed by atoms with E-state index < -0.39 is 0 Å². The third-order valence-corrected chi connectivity index (χ3v) is 3.90. The molecule has 0 aromatic heterocycles. The van der Waals surface area contributed by atoms with Crippen LogP contribution in [-0.2, 0) is 9.47 Å². The van der Waals surface area contributed by atoms with Gasteiger partial charge in [-0.15, -0.1) is 0 Å². The van der Waals surface area contributed by atoms with E-state index in [9.17, 15) is 0 Å². The molecule has 0 N–H and O–H groups in total. The zero-order valence-electron chi connectivity index (χ0n) is 9.29. The summed E-state index contributed by atoms with van der Waals surface area (Å²) in [5.74, 6) is 0.531. The SMILES string of the molecule is C[C@]12CC=C[C@H]3COCC3=C1CCCO2. The Kier molecular flexibility index (Phi) is 2.22. The number of rotatable bonds is 0. The molecule has 0 amide bonds. The Balaban J connectivity index is 2.06. The van der Waals surface area contributed by atoms with Crippen LogP contribution in [0.5, 0.6) is 0 Å². The van der Waals surface area contributed by atoms with E-state index in [0.717, 1.165) is 26.2 Å². The van der Waals surface area contributed by atoms with E-state index >= 15 is 0 Å². The lowest BCUT2D eigenvalue weighted by atomic mass is 9.83. The molecule has 0 radical (unpaired) electrons. The lowest BCUT2D eigenvalue weighted by Crippen LogP contribution is -2.35. The summed E-state index contributed by atoms with van der Waals surface area (Å²) in [5, 5.41) is 0. The molecule has 0 unspecified atom stereocenters. The second-order valence-corrected chi connectivity index (χ2v) is 4.94. The molecular weight excluding hydrogens is 188 g/mol. The average molecular weight is 206 g/mol. The van der Waals surface area contributed by atoms with E-state index in [-0.39, 0.29) is 5.60 Å². The van der Waals surface area contributed by atoms with Crippen molar-refractivity contribution in [2.75, 3.05) is 19.8 Å². The highest BCUT2D eigenvalue weighted by Crippen LogP contribution is 2.41. The Labute approximate surface area is 90.9 Å². The maximum Gasteiger partial charge on any atom is 0.0901 e. The van der Waals surface area contributed by atoms with Crippen LogP contribution in [0.1, 0.15) is 26.2 Å². The first-order chi connectivity index (χ1) is 7.30. The van der Waals surface area contributed by atoms with Gasteiger partial charge in [-0.3, -0.25) is 0 Å². The van der Waals surface area contributed by atoms with Crippen LogP contribution in [0, 0.1) is 5.92 Å². The van der Waals surface area contributed by atoms with Crippen molar-refractivity contribution in [2.24, 2.45) is 5.92 Å². The molecule has 2 fully saturated rings. The van der Waals surface area contributed by atoms with Gasteiger partial charge < -0.3 is 9.47 Å². The van der Waals surface area contributed by atoms with Gasteiger partial charge in [-0.05, 0) is 37.3 Å². The first-order valence-corrected chi connectivity index (χ1v) is 5.90. The van der Waals surface area contributed by atoms with E-state index in [2.05, 4.69) is 19.1 Å². The number of hydrogen-bond acceptors (Lipinski definition) is 2. The maximum atomic E-state index is 5.99. The fourth-order valence-corrected chi connectivity index (χ4v) is 3.02. The van der Waals surface area contributed by atoms with Gasteiger partial charge in [0, 0.05) is 12.5 Å². The minimum absolute atomic E-state index is 0.0352. The smallest absolute Gasteiger partial charge is 0.0901 e. The average Bonchev–Trinajstić information content (AvgIpc) is 2.62. The topological polar surface area (TPSA) is 18.5 Å². The molecule has 82 valence electrons. The molecule has 2 heterocycles. The summed E-state index contributed by atoms with van der Waals surface area (Å²) in [6.07, 6.45) is 7.98. The second kappa shape index (κ2) is 3.46. The molecule has 1 aliphatic carbocycles. The van der Waals surface area contributed by atoms with Gasteiger partial charge in [0.1, 0.15) is 0 Å². The first-order valence-electron chi connectivity index (χ1n) is 5.90. The zero-order chi connectivity index (χ0) is 10.3. The van der Waals surface area contributed by atoms with Gasteiger partial charge >= 0.3 is 0 Å². The predicted molar refractivity (Wildman–Crippen MR) is 58.7 cm³/mol. The molecule has 0 aromatic rings. The van der Waals surface area contributed by atoms with Crippen LogP contribution in [0.2, 0.25) is 0 Å². The van der Waals surface area contributed by atoms with E-state index in [1.165, 1.54) is 24.0 Å². The highest BCUT2D eigenvalue weighted by atomic mass is 16.5. The monoisotopic (exact) mass is 206 g/mol. The number of fused-ring (bicyclic) bond motifs is 2. The fraction of sp³-hybridized carbons (Fsp3) is 0.692. The highest BCUT2D eigenvalue weighted by molar-refractivity contribution is 5.34. The molecule has 0 bridgehead atoms. The highest BCUT2D eigenvalue weighted by Gasteiger charge is 2.38. The van der Waals surface area contributed by atoms with Crippen molar-refractivity contribution in [1.82, 2.24) is 0 Å². The lowest BCUT2D eigenvalue weighted by molar-refractivity contribution is -0.0243. The van der Waals surface area contributed by atoms with Crippen molar-refractivity contribution in [1.29, 1.82) is 0 Å². The van der Waals surface area contributed by atoms with Crippen molar-refractivity contribution < 1.29 is 9.47 Å². The maximum absolute atomic E-state index is 5.99. The molecule has 0 saturated carbocycles. The van der Waals surface area contributed by atoms with Crippen LogP contribution in [0.4, 0.5) is 0 Å². The van der Waals surface area contributed by atoms with Crippen molar-refractivity contribution in [3.05, 3.63) is 23.3 Å². The van der Waals surface area contributed by atoms with E-state index in [1.807, 2.05) is 0 Å². The summed E-state index contributed by atoms with van der Waals surface area (Å²) in [6.45, 7) is 4.83. The summed E-state index contributed by atoms with van der Waals surface area (Å²) in [4.78, 5) is 0. The molecule has 0 aromatic carbocycles. The van der Waals surface area contributed by atoms with Crippen molar-refractivity contribution in [3.8, 4) is 0 Å². The number of ether oxygens (including phenoxy) is 2. The van der Waals surface area contributed by atoms with E-state index in [1.54, 1.807) is 0 Å². The van der Waals surface area contributed by atoms with Crippen LogP contribution in [0.3, 0.4) is 0 Å². The summed E-state index contributed by atoms with van der Waals surface area (Å²) in [6, 6.07) is 0. The summed E-state index contributed by atoms with van der Waals surface area (Å²) >= 11 is 0. The van der Waals surface area contributed by atoms with E-state index in [0.29, 0.717) is 5.92 Å². The molecule has 2 aliphatic heterocycles. The van der Waals surface area contributed by atoms with Gasteiger partial charge in [-0.25, -0.2) is 0 Å². The predicted octanol–water partition coefficient (Wildman–Crippen LogP) is 2.46. The van der Waals surface area contributed by atoms with Gasteiger partial charge in [0.2, 0.25) is 0 Å². The fourth-order valence-electron chi connectivity index (χ4n) is 3.02. The largest absolute Gasteiger partial charge is 0.376 e. The summed E-state index contributed by atoms with van der Waals surface area (Å²) < 4.78 is 11.6. The minimum Gasteiger partial charge on any atom is -0.376 e. The lowest BCUT2D eigenvalue weighted by Gasteiger charge is -2.37. The Bertz CT molecular complexity index is 329.